The van der Waals surface area contributed by atoms with Crippen molar-refractivity contribution in [3.8, 4) is 0 Å². The molecule has 0 saturated heterocycles. The summed E-state index contributed by atoms with van der Waals surface area (Å²) < 4.78 is 5.81. The van der Waals surface area contributed by atoms with Crippen molar-refractivity contribution < 1.29 is 4.18 Å². The van der Waals surface area contributed by atoms with Crippen molar-refractivity contribution >= 4 is 12.0 Å². The van der Waals surface area contributed by atoms with Gasteiger partial charge in [-0.3, -0.25) is 0 Å². The van der Waals surface area contributed by atoms with Crippen molar-refractivity contribution in [1.29, 1.82) is 0 Å². The molecule has 16 heavy (non-hydrogen) atoms. The van der Waals surface area contributed by atoms with E-state index in [1.54, 1.807) is 0 Å². The average Bonchev–Trinajstić information content (AvgIpc) is 2.15. The number of nitrogens with two attached hydrogens (primary N) is 1. The van der Waals surface area contributed by atoms with E-state index in [-0.39, 0.29) is 11.1 Å². The highest BCUT2D eigenvalue weighted by molar-refractivity contribution is 7.94. The Labute approximate surface area is 103 Å². The second-order valence-corrected chi connectivity index (χ2v) is 6.02. The first kappa shape index (κ1) is 13.6. The van der Waals surface area contributed by atoms with Crippen LogP contribution in [0.4, 0.5) is 0 Å². The van der Waals surface area contributed by atoms with Gasteiger partial charge in [0.1, 0.15) is 0 Å². The van der Waals surface area contributed by atoms with E-state index in [0.29, 0.717) is 0 Å². The molecule has 90 valence electrons. The molecule has 0 spiro atoms. The fourth-order valence-electron chi connectivity index (χ4n) is 0.853. The van der Waals surface area contributed by atoms with Gasteiger partial charge in [-0.1, -0.05) is 17.7 Å². The molecular weight excluding hydrogens is 218 g/mol. The predicted octanol–water partition coefficient (Wildman–Crippen LogP) is 3.53. The Morgan fingerprint density at radius 3 is 2.00 bits per heavy atom. The first-order chi connectivity index (χ1) is 7.22. The highest BCUT2D eigenvalue weighted by Crippen LogP contribution is 2.31. The highest BCUT2D eigenvalue weighted by Gasteiger charge is 2.35. The number of rotatable bonds is 4. The summed E-state index contributed by atoms with van der Waals surface area (Å²) in [5, 5.41) is 0. The summed E-state index contributed by atoms with van der Waals surface area (Å²) in [5.74, 6) is 0. The lowest BCUT2D eigenvalue weighted by molar-refractivity contribution is 0.0627. The molecular formula is C13H21NOS. The Balaban J connectivity index is 2.61. The summed E-state index contributed by atoms with van der Waals surface area (Å²) in [7, 11) is 0. The van der Waals surface area contributed by atoms with Crippen LogP contribution >= 0.6 is 12.0 Å². The number of hydrogen-bond acceptors (Lipinski definition) is 3. The highest BCUT2D eigenvalue weighted by atomic mass is 32.2. The predicted molar refractivity (Wildman–Crippen MR) is 70.5 cm³/mol. The summed E-state index contributed by atoms with van der Waals surface area (Å²) >= 11 is 1.38. The molecule has 2 N–H and O–H groups in total. The Kier molecular flexibility index (Phi) is 4.05. The van der Waals surface area contributed by atoms with Crippen LogP contribution in [0.25, 0.3) is 0 Å². The lowest BCUT2D eigenvalue weighted by atomic mass is 9.87. The van der Waals surface area contributed by atoms with Gasteiger partial charge in [0.05, 0.1) is 5.60 Å². The van der Waals surface area contributed by atoms with E-state index in [2.05, 4.69) is 31.2 Å². The number of hydrogen-bond donors (Lipinski definition) is 1. The fraction of sp³-hybridized carbons (Fsp3) is 0.538. The molecule has 0 unspecified atom stereocenters. The summed E-state index contributed by atoms with van der Waals surface area (Å²) in [4.78, 5) is 1.10. The van der Waals surface area contributed by atoms with Gasteiger partial charge < -0.3 is 9.92 Å². The molecule has 3 heteroatoms. The van der Waals surface area contributed by atoms with Crippen LogP contribution in [0.15, 0.2) is 29.2 Å². The SMILES string of the molecule is Cc1ccc(SOC(C)(C)C(C)(C)N)cc1. The molecule has 0 aliphatic carbocycles. The third-order valence-electron chi connectivity index (χ3n) is 2.92. The van der Waals surface area contributed by atoms with Crippen LogP contribution in [0.5, 0.6) is 0 Å². The maximum atomic E-state index is 6.06. The molecule has 0 radical (unpaired) electrons. The van der Waals surface area contributed by atoms with Crippen LogP contribution in [0.1, 0.15) is 33.3 Å². The van der Waals surface area contributed by atoms with Gasteiger partial charge in [-0.05, 0) is 46.8 Å². The van der Waals surface area contributed by atoms with E-state index in [4.69, 9.17) is 9.92 Å². The molecule has 0 amide bonds. The molecule has 0 aliphatic heterocycles. The van der Waals surface area contributed by atoms with Gasteiger partial charge in [-0.2, -0.15) is 0 Å². The van der Waals surface area contributed by atoms with Gasteiger partial charge in [0.25, 0.3) is 0 Å². The quantitative estimate of drug-likeness (QED) is 0.816. The minimum absolute atomic E-state index is 0.370. The van der Waals surface area contributed by atoms with Gasteiger partial charge >= 0.3 is 0 Å². The maximum Gasteiger partial charge on any atom is 0.0950 e. The Morgan fingerprint density at radius 1 is 1.06 bits per heavy atom. The van der Waals surface area contributed by atoms with E-state index in [0.717, 1.165) is 4.90 Å². The lowest BCUT2D eigenvalue weighted by Gasteiger charge is -2.37. The van der Waals surface area contributed by atoms with Crippen molar-refractivity contribution in [3.63, 3.8) is 0 Å². The molecule has 0 saturated carbocycles. The topological polar surface area (TPSA) is 35.2 Å². The molecule has 0 aliphatic rings. The van der Waals surface area contributed by atoms with E-state index >= 15 is 0 Å². The minimum Gasteiger partial charge on any atom is -0.323 e. The third-order valence-corrected chi connectivity index (χ3v) is 3.88. The van der Waals surface area contributed by atoms with E-state index in [1.807, 2.05) is 27.7 Å². The first-order valence-corrected chi connectivity index (χ1v) is 6.18. The van der Waals surface area contributed by atoms with Crippen LogP contribution in [-0.2, 0) is 4.18 Å². The van der Waals surface area contributed by atoms with Gasteiger partial charge in [-0.15, -0.1) is 0 Å². The molecule has 1 aromatic carbocycles. The fourth-order valence-corrected chi connectivity index (χ4v) is 1.62. The van der Waals surface area contributed by atoms with Crippen molar-refractivity contribution in [2.45, 2.75) is 50.7 Å². The Hall–Kier alpha value is -0.510. The second-order valence-electron chi connectivity index (χ2n) is 5.21. The standard InChI is InChI=1S/C13H21NOS/c1-10-6-8-11(9-7-10)16-15-13(4,5)12(2,3)14/h6-9H,14H2,1-5H3. The number of benzene rings is 1. The zero-order valence-electron chi connectivity index (χ0n) is 10.7. The molecule has 0 fully saturated rings. The van der Waals surface area contributed by atoms with Crippen LogP contribution in [-0.4, -0.2) is 11.1 Å². The van der Waals surface area contributed by atoms with Crippen LogP contribution in [0.2, 0.25) is 0 Å². The monoisotopic (exact) mass is 239 g/mol. The van der Waals surface area contributed by atoms with Crippen molar-refractivity contribution in [2.24, 2.45) is 5.73 Å². The van der Waals surface area contributed by atoms with Gasteiger partial charge in [0, 0.05) is 22.5 Å². The molecule has 0 heterocycles. The van der Waals surface area contributed by atoms with E-state index in [1.165, 1.54) is 17.6 Å². The zero-order valence-corrected chi connectivity index (χ0v) is 11.5. The van der Waals surface area contributed by atoms with Crippen molar-refractivity contribution in [1.82, 2.24) is 0 Å². The molecule has 2 nitrogen and oxygen atoms in total. The minimum atomic E-state index is -0.372. The summed E-state index contributed by atoms with van der Waals surface area (Å²) in [6, 6.07) is 8.26. The summed E-state index contributed by atoms with van der Waals surface area (Å²) in [6.45, 7) is 10.0. The largest absolute Gasteiger partial charge is 0.323 e. The third kappa shape index (κ3) is 3.51. The number of aryl methyl sites for hydroxylation is 1. The molecule has 0 bridgehead atoms. The summed E-state index contributed by atoms with van der Waals surface area (Å²) in [6.07, 6.45) is 0. The normalized spacial score (nSPS) is 12.9. The van der Waals surface area contributed by atoms with E-state index < -0.39 is 0 Å². The maximum absolute atomic E-state index is 6.06. The Bertz CT molecular complexity index is 338. The molecule has 0 aromatic heterocycles. The van der Waals surface area contributed by atoms with Crippen LogP contribution in [0.3, 0.4) is 0 Å². The first-order valence-electron chi connectivity index (χ1n) is 5.43. The zero-order chi connectivity index (χ0) is 12.4. The summed E-state index contributed by atoms with van der Waals surface area (Å²) in [5.41, 5.74) is 6.57. The van der Waals surface area contributed by atoms with Crippen LogP contribution < -0.4 is 5.73 Å². The van der Waals surface area contributed by atoms with Crippen molar-refractivity contribution in [3.05, 3.63) is 29.8 Å². The molecule has 1 rings (SSSR count). The smallest absolute Gasteiger partial charge is 0.0950 e. The Morgan fingerprint density at radius 2 is 1.56 bits per heavy atom. The molecule has 0 atom stereocenters. The average molecular weight is 239 g/mol. The van der Waals surface area contributed by atoms with Gasteiger partial charge in [0.2, 0.25) is 0 Å². The van der Waals surface area contributed by atoms with Gasteiger partial charge in [0.15, 0.2) is 0 Å². The second kappa shape index (κ2) is 4.78. The lowest BCUT2D eigenvalue weighted by Crippen LogP contribution is -2.53. The molecule has 1 aromatic rings. The van der Waals surface area contributed by atoms with Crippen LogP contribution in [0, 0.1) is 6.92 Å². The van der Waals surface area contributed by atoms with E-state index in [9.17, 15) is 0 Å². The van der Waals surface area contributed by atoms with Crippen molar-refractivity contribution in [2.75, 3.05) is 0 Å². The van der Waals surface area contributed by atoms with Gasteiger partial charge in [-0.25, -0.2) is 0 Å².